The van der Waals surface area contributed by atoms with E-state index in [2.05, 4.69) is 55.0 Å². The van der Waals surface area contributed by atoms with E-state index in [0.29, 0.717) is 0 Å². The fraction of sp³-hybridized carbons (Fsp3) is 0.310. The minimum absolute atomic E-state index is 0.0521. The van der Waals surface area contributed by atoms with Gasteiger partial charge in [0.05, 0.1) is 5.56 Å². The average Bonchev–Trinajstić information content (AvgIpc) is 3.28. The van der Waals surface area contributed by atoms with Crippen molar-refractivity contribution in [3.8, 4) is 0 Å². The molecule has 4 nitrogen and oxygen atoms in total. The van der Waals surface area contributed by atoms with E-state index >= 15 is 0 Å². The van der Waals surface area contributed by atoms with Crippen LogP contribution in [0.4, 0.5) is 10.7 Å². The summed E-state index contributed by atoms with van der Waals surface area (Å²) in [7, 11) is 2.09. The summed E-state index contributed by atoms with van der Waals surface area (Å²) in [6, 6.07) is 16.4. The molecule has 5 rings (SSSR count). The van der Waals surface area contributed by atoms with Crippen LogP contribution in [0.2, 0.25) is 0 Å². The summed E-state index contributed by atoms with van der Waals surface area (Å²) in [5.74, 6) is -0.0521. The van der Waals surface area contributed by atoms with Crippen LogP contribution in [0.25, 0.3) is 10.9 Å². The Labute approximate surface area is 205 Å². The first-order valence-corrected chi connectivity index (χ1v) is 12.9. The van der Waals surface area contributed by atoms with Crippen molar-refractivity contribution in [1.82, 2.24) is 4.57 Å². The van der Waals surface area contributed by atoms with Crippen molar-refractivity contribution in [2.75, 3.05) is 5.32 Å². The number of anilines is 1. The molecule has 1 aliphatic carbocycles. The number of fused-ring (bicyclic) bond motifs is 2. The Morgan fingerprint density at radius 3 is 2.53 bits per heavy atom. The molecule has 0 fully saturated rings. The van der Waals surface area contributed by atoms with E-state index in [9.17, 15) is 4.79 Å². The SMILES string of the molecule is Cc1ccc(NC(=O)c2c(N=Cc3c(C)n(C)c4ccccc34)sc3c2CCCCCC3)cc1. The van der Waals surface area contributed by atoms with Gasteiger partial charge in [-0.1, -0.05) is 48.7 Å². The first kappa shape index (κ1) is 22.6. The van der Waals surface area contributed by atoms with E-state index in [-0.39, 0.29) is 5.91 Å². The highest BCUT2D eigenvalue weighted by Crippen LogP contribution is 2.39. The third kappa shape index (κ3) is 4.32. The molecular weight excluding hydrogens is 438 g/mol. The first-order chi connectivity index (χ1) is 16.5. The molecule has 34 heavy (non-hydrogen) atoms. The van der Waals surface area contributed by atoms with Gasteiger partial charge in [0.15, 0.2) is 0 Å². The van der Waals surface area contributed by atoms with Crippen molar-refractivity contribution in [2.24, 2.45) is 12.0 Å². The number of rotatable bonds is 4. The Bertz CT molecular complexity index is 1370. The normalized spacial score (nSPS) is 14.2. The van der Waals surface area contributed by atoms with Gasteiger partial charge < -0.3 is 9.88 Å². The van der Waals surface area contributed by atoms with Gasteiger partial charge in [0, 0.05) is 46.0 Å². The van der Waals surface area contributed by atoms with Crippen LogP contribution in [0.15, 0.2) is 53.5 Å². The number of nitrogens with one attached hydrogen (secondary N) is 1. The number of carbonyl (C=O) groups is 1. The Morgan fingerprint density at radius 1 is 1.00 bits per heavy atom. The molecule has 0 atom stereocenters. The lowest BCUT2D eigenvalue weighted by Gasteiger charge is -2.12. The number of thiophene rings is 1. The quantitative estimate of drug-likeness (QED) is 0.309. The van der Waals surface area contributed by atoms with Crippen molar-refractivity contribution in [2.45, 2.75) is 52.4 Å². The number of benzene rings is 2. The summed E-state index contributed by atoms with van der Waals surface area (Å²) in [5.41, 5.74) is 7.44. The van der Waals surface area contributed by atoms with Gasteiger partial charge >= 0.3 is 0 Å². The van der Waals surface area contributed by atoms with Gasteiger partial charge in [-0.2, -0.15) is 0 Å². The van der Waals surface area contributed by atoms with Crippen LogP contribution in [-0.2, 0) is 19.9 Å². The lowest BCUT2D eigenvalue weighted by atomic mass is 9.96. The van der Waals surface area contributed by atoms with E-state index < -0.39 is 0 Å². The molecule has 1 aliphatic rings. The van der Waals surface area contributed by atoms with Gasteiger partial charge in [0.2, 0.25) is 0 Å². The predicted octanol–water partition coefficient (Wildman–Crippen LogP) is 7.52. The molecule has 0 radical (unpaired) electrons. The molecule has 2 aromatic heterocycles. The van der Waals surface area contributed by atoms with Gasteiger partial charge in [-0.05, 0) is 63.3 Å². The molecular formula is C29H31N3OS. The van der Waals surface area contributed by atoms with Crippen LogP contribution in [-0.4, -0.2) is 16.7 Å². The summed E-state index contributed by atoms with van der Waals surface area (Å²) in [6.07, 6.45) is 8.73. The topological polar surface area (TPSA) is 46.4 Å². The fourth-order valence-corrected chi connectivity index (χ4v) is 6.13. The monoisotopic (exact) mass is 469 g/mol. The third-order valence-corrected chi connectivity index (χ3v) is 8.15. The van der Waals surface area contributed by atoms with Crippen molar-refractivity contribution in [3.63, 3.8) is 0 Å². The van der Waals surface area contributed by atoms with Crippen LogP contribution < -0.4 is 5.32 Å². The van der Waals surface area contributed by atoms with E-state index in [1.54, 1.807) is 11.3 Å². The number of hydrogen-bond donors (Lipinski definition) is 1. The Balaban J connectivity index is 1.56. The second-order valence-corrected chi connectivity index (χ2v) is 10.3. The number of hydrogen-bond acceptors (Lipinski definition) is 3. The molecule has 2 heterocycles. The van der Waals surface area contributed by atoms with Gasteiger partial charge in [0.1, 0.15) is 5.00 Å². The minimum atomic E-state index is -0.0521. The largest absolute Gasteiger partial charge is 0.347 e. The average molecular weight is 470 g/mol. The van der Waals surface area contributed by atoms with Gasteiger partial charge in [-0.3, -0.25) is 4.79 Å². The third-order valence-electron chi connectivity index (χ3n) is 6.95. The lowest BCUT2D eigenvalue weighted by molar-refractivity contribution is 0.102. The number of amides is 1. The van der Waals surface area contributed by atoms with E-state index in [1.807, 2.05) is 30.5 Å². The molecule has 4 aromatic rings. The summed E-state index contributed by atoms with van der Waals surface area (Å²) >= 11 is 1.70. The second-order valence-electron chi connectivity index (χ2n) is 9.25. The molecule has 0 saturated carbocycles. The fourth-order valence-electron chi connectivity index (χ4n) is 4.90. The molecule has 1 amide bonds. The predicted molar refractivity (Wildman–Crippen MR) is 144 cm³/mol. The van der Waals surface area contributed by atoms with Gasteiger partial charge in [0.25, 0.3) is 5.91 Å². The molecule has 0 bridgehead atoms. The summed E-state index contributed by atoms with van der Waals surface area (Å²) < 4.78 is 2.20. The van der Waals surface area contributed by atoms with Crippen LogP contribution in [0.5, 0.6) is 0 Å². The van der Waals surface area contributed by atoms with Crippen LogP contribution >= 0.6 is 11.3 Å². The Hall–Kier alpha value is -3.18. The highest BCUT2D eigenvalue weighted by atomic mass is 32.1. The number of aliphatic imine (C=N–C) groups is 1. The maximum atomic E-state index is 13.6. The highest BCUT2D eigenvalue weighted by molar-refractivity contribution is 7.16. The molecule has 5 heteroatoms. The molecule has 0 saturated heterocycles. The number of carbonyl (C=O) groups excluding carboxylic acids is 1. The second kappa shape index (κ2) is 9.59. The van der Waals surface area contributed by atoms with E-state index in [1.165, 1.54) is 51.9 Å². The molecule has 0 unspecified atom stereocenters. The summed E-state index contributed by atoms with van der Waals surface area (Å²) in [6.45, 7) is 4.18. The maximum Gasteiger partial charge on any atom is 0.259 e. The molecule has 1 N–H and O–H groups in total. The zero-order valence-electron chi connectivity index (χ0n) is 20.1. The molecule has 2 aromatic carbocycles. The Kier molecular flexibility index (Phi) is 6.38. The maximum absolute atomic E-state index is 13.6. The number of aromatic nitrogens is 1. The number of aryl methyl sites for hydroxylation is 3. The number of para-hydroxylation sites is 1. The molecule has 0 aliphatic heterocycles. The standard InChI is InChI=1S/C29H31N3OS/c1-19-14-16-21(17-15-19)31-28(33)27-23-11-6-4-5-7-13-26(23)34-29(27)30-18-24-20(2)32(3)25-12-9-8-10-22(24)25/h8-10,12,14-18H,4-7,11,13H2,1-3H3,(H,31,33). The summed E-state index contributed by atoms with van der Waals surface area (Å²) in [5, 5.41) is 5.14. The zero-order valence-corrected chi connectivity index (χ0v) is 21.0. The van der Waals surface area contributed by atoms with Crippen molar-refractivity contribution < 1.29 is 4.79 Å². The van der Waals surface area contributed by atoms with E-state index in [0.717, 1.165) is 41.1 Å². The van der Waals surface area contributed by atoms with Crippen LogP contribution in [0, 0.1) is 13.8 Å². The summed E-state index contributed by atoms with van der Waals surface area (Å²) in [4.78, 5) is 19.9. The van der Waals surface area contributed by atoms with Crippen molar-refractivity contribution in [3.05, 3.63) is 81.4 Å². The minimum Gasteiger partial charge on any atom is -0.347 e. The van der Waals surface area contributed by atoms with Gasteiger partial charge in [-0.25, -0.2) is 4.99 Å². The Morgan fingerprint density at radius 2 is 1.74 bits per heavy atom. The zero-order chi connectivity index (χ0) is 23.7. The highest BCUT2D eigenvalue weighted by Gasteiger charge is 2.24. The number of nitrogens with zero attached hydrogens (tertiary/aromatic N) is 2. The van der Waals surface area contributed by atoms with Gasteiger partial charge in [-0.15, -0.1) is 11.3 Å². The molecule has 0 spiro atoms. The smallest absolute Gasteiger partial charge is 0.259 e. The van der Waals surface area contributed by atoms with Crippen molar-refractivity contribution >= 4 is 45.0 Å². The van der Waals surface area contributed by atoms with E-state index in [4.69, 9.17) is 4.99 Å². The lowest BCUT2D eigenvalue weighted by Crippen LogP contribution is -2.14. The molecule has 174 valence electrons. The first-order valence-electron chi connectivity index (χ1n) is 12.1. The van der Waals surface area contributed by atoms with Crippen molar-refractivity contribution in [1.29, 1.82) is 0 Å². The van der Waals surface area contributed by atoms with Crippen LogP contribution in [0.1, 0.15) is 63.3 Å². The van der Waals surface area contributed by atoms with Crippen LogP contribution in [0.3, 0.4) is 0 Å².